The normalized spacial score (nSPS) is 11.0. The van der Waals surface area contributed by atoms with Gasteiger partial charge in [0.05, 0.1) is 27.2 Å². The van der Waals surface area contributed by atoms with Crippen LogP contribution in [0.15, 0.2) is 83.8 Å². The number of halogens is 2. The van der Waals surface area contributed by atoms with Gasteiger partial charge >= 0.3 is 0 Å². The topological polar surface area (TPSA) is 122 Å². The van der Waals surface area contributed by atoms with Crippen molar-refractivity contribution < 1.29 is 17.9 Å². The minimum atomic E-state index is -4.16. The Kier molecular flexibility index (Phi) is 7.93. The lowest BCUT2D eigenvalue weighted by molar-refractivity contribution is 0.0999. The Labute approximate surface area is 230 Å². The summed E-state index contributed by atoms with van der Waals surface area (Å²) >= 11 is 12.2. The number of rotatable bonds is 8. The van der Waals surface area contributed by atoms with E-state index in [1.165, 1.54) is 18.2 Å². The third-order valence-corrected chi connectivity index (χ3v) is 7.80. The first-order chi connectivity index (χ1) is 18.1. The van der Waals surface area contributed by atoms with Crippen LogP contribution < -0.4 is 15.2 Å². The zero-order chi connectivity index (χ0) is 27.4. The number of nitrogens with two attached hydrogens (primary N) is 1. The third kappa shape index (κ3) is 5.92. The third-order valence-electron chi connectivity index (χ3n) is 5.82. The maximum atomic E-state index is 13.7. The van der Waals surface area contributed by atoms with Gasteiger partial charge in [-0.1, -0.05) is 47.5 Å². The number of amides is 1. The molecule has 0 aliphatic rings. The maximum absolute atomic E-state index is 13.7. The van der Waals surface area contributed by atoms with Crippen molar-refractivity contribution in [2.24, 2.45) is 5.73 Å². The van der Waals surface area contributed by atoms with E-state index >= 15 is 0 Å². The molecule has 4 aromatic carbocycles. The van der Waals surface area contributed by atoms with E-state index in [0.717, 1.165) is 5.56 Å². The van der Waals surface area contributed by atoms with Gasteiger partial charge in [0, 0.05) is 10.6 Å². The van der Waals surface area contributed by atoms with Crippen LogP contribution in [-0.4, -0.2) is 14.3 Å². The molecule has 0 heterocycles. The summed E-state index contributed by atoms with van der Waals surface area (Å²) in [6.07, 6.45) is 0.188. The number of primary amides is 1. The van der Waals surface area contributed by atoms with Gasteiger partial charge in [0.2, 0.25) is 5.91 Å². The van der Waals surface area contributed by atoms with Gasteiger partial charge in [-0.2, -0.15) is 5.26 Å². The molecular formula is C28H21Cl2N3O4S. The number of benzene rings is 4. The number of nitrogens with one attached hydrogen (secondary N) is 1. The molecule has 192 valence electrons. The van der Waals surface area contributed by atoms with Crippen LogP contribution >= 0.6 is 23.2 Å². The number of anilines is 1. The number of carbonyl (C=O) groups is 1. The number of nitrogens with zero attached hydrogens (tertiary/aromatic N) is 1. The molecule has 0 aromatic heterocycles. The zero-order valence-corrected chi connectivity index (χ0v) is 22.4. The van der Waals surface area contributed by atoms with E-state index in [-0.39, 0.29) is 33.3 Å². The highest BCUT2D eigenvalue weighted by Crippen LogP contribution is 2.36. The highest BCUT2D eigenvalue weighted by atomic mass is 35.5. The fourth-order valence-corrected chi connectivity index (χ4v) is 5.70. The summed E-state index contributed by atoms with van der Waals surface area (Å²) in [5, 5.41) is 9.77. The molecular weight excluding hydrogens is 545 g/mol. The number of hydrogen-bond acceptors (Lipinski definition) is 5. The average Bonchev–Trinajstić information content (AvgIpc) is 2.88. The highest BCUT2D eigenvalue weighted by Gasteiger charge is 2.24. The minimum Gasteiger partial charge on any atom is -0.454 e. The van der Waals surface area contributed by atoms with Gasteiger partial charge in [0.1, 0.15) is 5.75 Å². The van der Waals surface area contributed by atoms with Gasteiger partial charge in [0.15, 0.2) is 5.75 Å². The molecule has 1 amide bonds. The Balaban J connectivity index is 1.74. The molecule has 0 spiro atoms. The monoisotopic (exact) mass is 565 g/mol. The van der Waals surface area contributed by atoms with Crippen LogP contribution in [0.5, 0.6) is 11.5 Å². The lowest BCUT2D eigenvalue weighted by Crippen LogP contribution is -2.19. The van der Waals surface area contributed by atoms with Crippen LogP contribution in [0.1, 0.15) is 32.6 Å². The minimum absolute atomic E-state index is 0.0244. The molecule has 0 aliphatic heterocycles. The Hall–Kier alpha value is -4.03. The van der Waals surface area contributed by atoms with Crippen molar-refractivity contribution in [1.82, 2.24) is 0 Å². The Bertz CT molecular complexity index is 1680. The highest BCUT2D eigenvalue weighted by molar-refractivity contribution is 7.92. The van der Waals surface area contributed by atoms with Crippen molar-refractivity contribution in [3.05, 3.63) is 117 Å². The number of sulfonamides is 1. The number of para-hydroxylation sites is 2. The number of ether oxygens (including phenoxy) is 1. The van der Waals surface area contributed by atoms with Gasteiger partial charge < -0.3 is 10.5 Å². The van der Waals surface area contributed by atoms with E-state index in [4.69, 9.17) is 38.9 Å². The van der Waals surface area contributed by atoms with Crippen molar-refractivity contribution in [3.8, 4) is 17.6 Å². The first-order valence-electron chi connectivity index (χ1n) is 11.2. The summed E-state index contributed by atoms with van der Waals surface area (Å²) < 4.78 is 35.9. The molecule has 7 nitrogen and oxygen atoms in total. The van der Waals surface area contributed by atoms with Crippen molar-refractivity contribution in [1.29, 1.82) is 5.26 Å². The first-order valence-corrected chi connectivity index (χ1v) is 13.5. The van der Waals surface area contributed by atoms with E-state index in [0.29, 0.717) is 27.5 Å². The molecule has 38 heavy (non-hydrogen) atoms. The molecule has 10 heteroatoms. The smallest absolute Gasteiger partial charge is 0.262 e. The second-order valence-corrected chi connectivity index (χ2v) is 10.8. The van der Waals surface area contributed by atoms with E-state index in [1.54, 1.807) is 67.6 Å². The zero-order valence-electron chi connectivity index (χ0n) is 20.0. The molecule has 0 fully saturated rings. The second kappa shape index (κ2) is 11.2. The summed E-state index contributed by atoms with van der Waals surface area (Å²) in [6, 6.07) is 22.8. The molecule has 4 rings (SSSR count). The second-order valence-electron chi connectivity index (χ2n) is 8.34. The van der Waals surface area contributed by atoms with Crippen LogP contribution in [0.4, 0.5) is 5.69 Å². The van der Waals surface area contributed by atoms with Crippen LogP contribution in [0.2, 0.25) is 10.0 Å². The standard InChI is InChI=1S/C28H21Cl2N3O4S/c1-17-21(28(32)34)11-13-27(22(17)14-18-6-8-19(16-31)9-7-18)38(35,36)33-24-4-2-3-5-26(24)37-25-12-10-20(29)15-23(25)30/h2-13,15,33H,14H2,1H3,(H2,32,34). The molecule has 0 saturated heterocycles. The van der Waals surface area contributed by atoms with E-state index in [2.05, 4.69) is 10.8 Å². The van der Waals surface area contributed by atoms with Gasteiger partial charge in [0.25, 0.3) is 10.0 Å². The van der Waals surface area contributed by atoms with Crippen molar-refractivity contribution >= 4 is 44.8 Å². The van der Waals surface area contributed by atoms with E-state index in [9.17, 15) is 13.2 Å². The van der Waals surface area contributed by atoms with Crippen LogP contribution in [-0.2, 0) is 16.4 Å². The maximum Gasteiger partial charge on any atom is 0.262 e. The molecule has 3 N–H and O–H groups in total. The molecule has 4 aromatic rings. The van der Waals surface area contributed by atoms with Crippen LogP contribution in [0, 0.1) is 18.3 Å². The average molecular weight is 566 g/mol. The van der Waals surface area contributed by atoms with Crippen molar-refractivity contribution in [2.75, 3.05) is 4.72 Å². The van der Waals surface area contributed by atoms with E-state index in [1.807, 2.05) is 0 Å². The van der Waals surface area contributed by atoms with Gasteiger partial charge in [-0.05, 0) is 84.6 Å². The molecule has 0 bridgehead atoms. The lowest BCUT2D eigenvalue weighted by atomic mass is 9.96. The number of carbonyl (C=O) groups excluding carboxylic acids is 1. The van der Waals surface area contributed by atoms with Crippen LogP contribution in [0.25, 0.3) is 0 Å². The Morgan fingerprint density at radius 3 is 2.37 bits per heavy atom. The molecule has 0 aliphatic carbocycles. The molecule has 0 unspecified atom stereocenters. The van der Waals surface area contributed by atoms with Crippen LogP contribution in [0.3, 0.4) is 0 Å². The largest absolute Gasteiger partial charge is 0.454 e. The number of nitriles is 1. The summed E-state index contributed by atoms with van der Waals surface area (Å²) in [6.45, 7) is 1.65. The van der Waals surface area contributed by atoms with Crippen molar-refractivity contribution in [3.63, 3.8) is 0 Å². The summed E-state index contributed by atoms with van der Waals surface area (Å²) in [5.74, 6) is -0.149. The summed E-state index contributed by atoms with van der Waals surface area (Å²) in [5.41, 5.74) is 8.01. The van der Waals surface area contributed by atoms with Gasteiger partial charge in [-0.3, -0.25) is 9.52 Å². The summed E-state index contributed by atoms with van der Waals surface area (Å²) in [7, 11) is -4.16. The predicted molar refractivity (Wildman–Crippen MR) is 147 cm³/mol. The quantitative estimate of drug-likeness (QED) is 0.254. The Morgan fingerprint density at radius 2 is 1.71 bits per heavy atom. The van der Waals surface area contributed by atoms with Crippen molar-refractivity contribution in [2.45, 2.75) is 18.2 Å². The molecule has 0 radical (unpaired) electrons. The first kappa shape index (κ1) is 27.0. The van der Waals surface area contributed by atoms with Gasteiger partial charge in [-0.15, -0.1) is 0 Å². The van der Waals surface area contributed by atoms with E-state index < -0.39 is 15.9 Å². The fourth-order valence-electron chi connectivity index (χ4n) is 3.89. The molecule has 0 atom stereocenters. The predicted octanol–water partition coefficient (Wildman–Crippen LogP) is 6.46. The van der Waals surface area contributed by atoms with Gasteiger partial charge in [-0.25, -0.2) is 8.42 Å². The SMILES string of the molecule is Cc1c(C(N)=O)ccc(S(=O)(=O)Nc2ccccc2Oc2ccc(Cl)cc2Cl)c1Cc1ccc(C#N)cc1. The molecule has 0 saturated carbocycles. The fraction of sp³-hybridized carbons (Fsp3) is 0.0714. The number of hydrogen-bond donors (Lipinski definition) is 2. The summed E-state index contributed by atoms with van der Waals surface area (Å²) in [4.78, 5) is 12.0. The Morgan fingerprint density at radius 1 is 1.00 bits per heavy atom. The lowest BCUT2D eigenvalue weighted by Gasteiger charge is -2.18.